The molecule has 0 saturated heterocycles. The minimum absolute atomic E-state index is 0.180. The normalized spacial score (nSPS) is 16.5. The number of esters is 1. The molecule has 126 valence electrons. The van der Waals surface area contributed by atoms with E-state index in [4.69, 9.17) is 9.47 Å². The number of aromatic nitrogens is 4. The lowest BCUT2D eigenvalue weighted by molar-refractivity contribution is -0.140. The van der Waals surface area contributed by atoms with Crippen molar-refractivity contribution in [1.82, 2.24) is 20.2 Å². The van der Waals surface area contributed by atoms with Crippen molar-refractivity contribution in [3.63, 3.8) is 0 Å². The van der Waals surface area contributed by atoms with E-state index in [-0.39, 0.29) is 6.61 Å². The summed E-state index contributed by atoms with van der Waals surface area (Å²) < 4.78 is 12.7. The SMILES string of the molecule is COCCOC(=O)C1=C(C)Nc2nnnn2[C@H]1c1cccc(Br)c1. The van der Waals surface area contributed by atoms with Gasteiger partial charge in [-0.1, -0.05) is 33.2 Å². The summed E-state index contributed by atoms with van der Waals surface area (Å²) in [6, 6.07) is 7.19. The molecule has 1 aliphatic rings. The Bertz CT molecular complexity index is 789. The number of hydrogen-bond donors (Lipinski definition) is 1. The molecule has 1 N–H and O–H groups in total. The highest BCUT2D eigenvalue weighted by molar-refractivity contribution is 9.10. The number of fused-ring (bicyclic) bond motifs is 1. The minimum atomic E-state index is -0.469. The molecule has 0 bridgehead atoms. The summed E-state index contributed by atoms with van der Waals surface area (Å²) in [7, 11) is 1.55. The van der Waals surface area contributed by atoms with Crippen LogP contribution in [0.5, 0.6) is 0 Å². The van der Waals surface area contributed by atoms with Gasteiger partial charge in [0.1, 0.15) is 12.6 Å². The van der Waals surface area contributed by atoms with E-state index in [1.54, 1.807) is 18.7 Å². The van der Waals surface area contributed by atoms with Gasteiger partial charge in [0, 0.05) is 17.3 Å². The fourth-order valence-electron chi connectivity index (χ4n) is 2.56. The molecule has 3 rings (SSSR count). The van der Waals surface area contributed by atoms with Crippen LogP contribution >= 0.6 is 15.9 Å². The van der Waals surface area contributed by atoms with Crippen LogP contribution in [0.3, 0.4) is 0 Å². The fourth-order valence-corrected chi connectivity index (χ4v) is 2.97. The lowest BCUT2D eigenvalue weighted by atomic mass is 9.96. The zero-order valence-electron chi connectivity index (χ0n) is 13.2. The molecule has 9 heteroatoms. The van der Waals surface area contributed by atoms with Gasteiger partial charge in [-0.3, -0.25) is 0 Å². The Kier molecular flexibility index (Phi) is 4.91. The molecule has 1 atom stereocenters. The van der Waals surface area contributed by atoms with Crippen LogP contribution in [0.1, 0.15) is 18.5 Å². The third-order valence-electron chi connectivity index (χ3n) is 3.62. The molecule has 1 aliphatic heterocycles. The zero-order chi connectivity index (χ0) is 17.1. The molecule has 0 aliphatic carbocycles. The number of carbonyl (C=O) groups excluding carboxylic acids is 1. The number of halogens is 1. The Morgan fingerprint density at radius 2 is 2.25 bits per heavy atom. The van der Waals surface area contributed by atoms with E-state index in [1.807, 2.05) is 24.3 Å². The summed E-state index contributed by atoms with van der Waals surface area (Å²) in [5, 5.41) is 14.7. The summed E-state index contributed by atoms with van der Waals surface area (Å²) in [6.45, 7) is 2.32. The van der Waals surface area contributed by atoms with Crippen molar-refractivity contribution in [3.8, 4) is 0 Å². The number of benzene rings is 1. The average Bonchev–Trinajstić information content (AvgIpc) is 3.01. The maximum absolute atomic E-state index is 12.6. The molecule has 0 unspecified atom stereocenters. The van der Waals surface area contributed by atoms with Gasteiger partial charge >= 0.3 is 5.97 Å². The van der Waals surface area contributed by atoms with Crippen molar-refractivity contribution in [2.45, 2.75) is 13.0 Å². The first kappa shape index (κ1) is 16.6. The molecule has 2 aromatic rings. The maximum Gasteiger partial charge on any atom is 0.338 e. The van der Waals surface area contributed by atoms with Gasteiger partial charge in [-0.25, -0.2) is 4.79 Å². The van der Waals surface area contributed by atoms with Gasteiger partial charge in [-0.15, -0.1) is 0 Å². The first-order valence-corrected chi connectivity index (χ1v) is 8.08. The number of methoxy groups -OCH3 is 1. The first-order valence-electron chi connectivity index (χ1n) is 7.29. The smallest absolute Gasteiger partial charge is 0.338 e. The zero-order valence-corrected chi connectivity index (χ0v) is 14.8. The molecule has 0 radical (unpaired) electrons. The van der Waals surface area contributed by atoms with E-state index in [9.17, 15) is 4.79 Å². The lowest BCUT2D eigenvalue weighted by Crippen LogP contribution is -2.30. The van der Waals surface area contributed by atoms with E-state index >= 15 is 0 Å². The second-order valence-electron chi connectivity index (χ2n) is 5.20. The average molecular weight is 394 g/mol. The summed E-state index contributed by atoms with van der Waals surface area (Å²) in [5.41, 5.74) is 1.99. The largest absolute Gasteiger partial charge is 0.460 e. The molecule has 8 nitrogen and oxygen atoms in total. The van der Waals surface area contributed by atoms with Gasteiger partial charge < -0.3 is 14.8 Å². The Labute approximate surface area is 147 Å². The van der Waals surface area contributed by atoms with Gasteiger partial charge in [0.15, 0.2) is 0 Å². The summed E-state index contributed by atoms with van der Waals surface area (Å²) in [5.74, 6) is 0.0501. The number of anilines is 1. The monoisotopic (exact) mass is 393 g/mol. The van der Waals surface area contributed by atoms with Crippen LogP contribution in [0.25, 0.3) is 0 Å². The molecule has 0 amide bonds. The Hall–Kier alpha value is -2.26. The van der Waals surface area contributed by atoms with E-state index in [1.165, 1.54) is 0 Å². The molecule has 24 heavy (non-hydrogen) atoms. The lowest BCUT2D eigenvalue weighted by Gasteiger charge is -2.27. The maximum atomic E-state index is 12.6. The first-order chi connectivity index (χ1) is 11.6. The molecule has 1 aromatic heterocycles. The van der Waals surface area contributed by atoms with Crippen LogP contribution in [0.2, 0.25) is 0 Å². The van der Waals surface area contributed by atoms with E-state index in [2.05, 4.69) is 36.8 Å². The number of hydrogen-bond acceptors (Lipinski definition) is 7. The minimum Gasteiger partial charge on any atom is -0.460 e. The van der Waals surface area contributed by atoms with Gasteiger partial charge in [0.05, 0.1) is 12.2 Å². The van der Waals surface area contributed by atoms with Crippen LogP contribution in [0.4, 0.5) is 5.95 Å². The van der Waals surface area contributed by atoms with Gasteiger partial charge in [-0.05, 0) is 35.0 Å². The van der Waals surface area contributed by atoms with Gasteiger partial charge in [-0.2, -0.15) is 4.68 Å². The third-order valence-corrected chi connectivity index (χ3v) is 4.11. The molecule has 1 aromatic carbocycles. The van der Waals surface area contributed by atoms with Crippen molar-refractivity contribution in [1.29, 1.82) is 0 Å². The summed E-state index contributed by atoms with van der Waals surface area (Å²) in [6.07, 6.45) is 0. The topological polar surface area (TPSA) is 91.2 Å². The van der Waals surface area contributed by atoms with Crippen LogP contribution in [0.15, 0.2) is 40.0 Å². The van der Waals surface area contributed by atoms with Crippen molar-refractivity contribution >= 4 is 27.8 Å². The van der Waals surface area contributed by atoms with E-state index in [0.717, 1.165) is 10.0 Å². The standard InChI is InChI=1S/C15H16BrN5O3/c1-9-12(14(22)24-7-6-23-2)13(10-4-3-5-11(16)8-10)21-15(17-9)18-19-20-21/h3-5,8,13H,6-7H2,1-2H3,(H,17,18,20)/t13-/m0/s1. The van der Waals surface area contributed by atoms with E-state index < -0.39 is 12.0 Å². The molecule has 0 fully saturated rings. The molecule has 2 heterocycles. The highest BCUT2D eigenvalue weighted by atomic mass is 79.9. The predicted molar refractivity (Wildman–Crippen MR) is 89.3 cm³/mol. The molecular formula is C15H16BrN5O3. The van der Waals surface area contributed by atoms with Crippen molar-refractivity contribution in [3.05, 3.63) is 45.6 Å². The Balaban J connectivity index is 2.02. The second kappa shape index (κ2) is 7.10. The van der Waals surface area contributed by atoms with Crippen LogP contribution in [-0.4, -0.2) is 46.5 Å². The molecular weight excluding hydrogens is 378 g/mol. The number of allylic oxidation sites excluding steroid dienone is 1. The molecule has 0 spiro atoms. The highest BCUT2D eigenvalue weighted by Gasteiger charge is 2.34. The summed E-state index contributed by atoms with van der Waals surface area (Å²) in [4.78, 5) is 12.6. The van der Waals surface area contributed by atoms with Crippen molar-refractivity contribution < 1.29 is 14.3 Å². The number of nitrogens with zero attached hydrogens (tertiary/aromatic N) is 4. The van der Waals surface area contributed by atoms with Gasteiger partial charge in [0.2, 0.25) is 5.95 Å². The number of rotatable bonds is 5. The highest BCUT2D eigenvalue weighted by Crippen LogP contribution is 2.35. The Morgan fingerprint density at radius 1 is 1.42 bits per heavy atom. The van der Waals surface area contributed by atoms with Crippen LogP contribution < -0.4 is 5.32 Å². The van der Waals surface area contributed by atoms with Crippen LogP contribution in [-0.2, 0) is 14.3 Å². The van der Waals surface area contributed by atoms with Crippen molar-refractivity contribution in [2.75, 3.05) is 25.6 Å². The van der Waals surface area contributed by atoms with E-state index in [0.29, 0.717) is 23.8 Å². The summed E-state index contributed by atoms with van der Waals surface area (Å²) >= 11 is 3.46. The Morgan fingerprint density at radius 3 is 3.00 bits per heavy atom. The third kappa shape index (κ3) is 3.17. The number of ether oxygens (including phenoxy) is 2. The number of tetrazole rings is 1. The predicted octanol–water partition coefficient (Wildman–Crippen LogP) is 1.91. The van der Waals surface area contributed by atoms with Crippen LogP contribution in [0, 0.1) is 0 Å². The fraction of sp³-hybridized carbons (Fsp3) is 0.333. The van der Waals surface area contributed by atoms with Gasteiger partial charge in [0.25, 0.3) is 0 Å². The number of carbonyl (C=O) groups is 1. The quantitative estimate of drug-likeness (QED) is 0.612. The molecule has 0 saturated carbocycles. The van der Waals surface area contributed by atoms with Crippen molar-refractivity contribution in [2.24, 2.45) is 0 Å². The number of nitrogens with one attached hydrogen (secondary N) is 1. The second-order valence-corrected chi connectivity index (χ2v) is 6.11.